The molecule has 0 saturated heterocycles. The minimum absolute atomic E-state index is 0.311. The van der Waals surface area contributed by atoms with Crippen molar-refractivity contribution < 1.29 is 13.9 Å². The quantitative estimate of drug-likeness (QED) is 0.537. The van der Waals surface area contributed by atoms with Gasteiger partial charge in [-0.15, -0.1) is 0 Å². The normalized spacial score (nSPS) is 11.2. The third kappa shape index (κ3) is 4.99. The molecule has 0 unspecified atom stereocenters. The molecule has 1 aromatic heterocycles. The van der Waals surface area contributed by atoms with Crippen LogP contribution in [0.5, 0.6) is 0 Å². The van der Waals surface area contributed by atoms with E-state index in [1.807, 2.05) is 52.8 Å². The number of anilines is 2. The second-order valence-electron chi connectivity index (χ2n) is 8.05. The molecule has 0 fully saturated rings. The highest BCUT2D eigenvalue weighted by molar-refractivity contribution is 5.97. The molecule has 0 aliphatic carbocycles. The lowest BCUT2D eigenvalue weighted by atomic mass is 10.1. The predicted molar refractivity (Wildman–Crippen MR) is 114 cm³/mol. The summed E-state index contributed by atoms with van der Waals surface area (Å²) in [6.07, 6.45) is 1.63. The fraction of sp³-hybridized carbons (Fsp3) is 0.250. The minimum atomic E-state index is -0.586. The van der Waals surface area contributed by atoms with E-state index in [9.17, 15) is 9.18 Å². The summed E-state index contributed by atoms with van der Waals surface area (Å²) in [4.78, 5) is 17.1. The van der Waals surface area contributed by atoms with E-state index in [2.05, 4.69) is 10.3 Å². The van der Waals surface area contributed by atoms with E-state index in [1.165, 1.54) is 6.07 Å². The first-order valence-corrected chi connectivity index (χ1v) is 9.46. The second kappa shape index (κ2) is 8.03. The highest BCUT2D eigenvalue weighted by atomic mass is 19.1. The molecule has 0 bridgehead atoms. The molecule has 4 nitrogen and oxygen atoms in total. The molecule has 150 valence electrons. The van der Waals surface area contributed by atoms with Crippen molar-refractivity contribution in [3.05, 3.63) is 77.2 Å². The molecule has 0 spiro atoms. The summed E-state index contributed by atoms with van der Waals surface area (Å²) >= 11 is 0. The number of aryl methyl sites for hydroxylation is 2. The van der Waals surface area contributed by atoms with Crippen LogP contribution in [0.3, 0.4) is 0 Å². The van der Waals surface area contributed by atoms with Gasteiger partial charge in [-0.1, -0.05) is 23.8 Å². The Bertz CT molecular complexity index is 1050. The zero-order valence-electron chi connectivity index (χ0n) is 17.3. The number of rotatable bonds is 4. The van der Waals surface area contributed by atoms with E-state index in [0.29, 0.717) is 28.2 Å². The number of hydrogen-bond donors (Lipinski definition) is 1. The van der Waals surface area contributed by atoms with Crippen molar-refractivity contribution in [1.29, 1.82) is 0 Å². The molecule has 29 heavy (non-hydrogen) atoms. The smallest absolute Gasteiger partial charge is 0.340 e. The van der Waals surface area contributed by atoms with Gasteiger partial charge in [0.1, 0.15) is 11.4 Å². The van der Waals surface area contributed by atoms with Gasteiger partial charge in [0.25, 0.3) is 0 Å². The second-order valence-corrected chi connectivity index (χ2v) is 8.05. The summed E-state index contributed by atoms with van der Waals surface area (Å²) in [7, 11) is 0. The van der Waals surface area contributed by atoms with Crippen LogP contribution in [0, 0.1) is 19.7 Å². The third-order valence-corrected chi connectivity index (χ3v) is 4.28. The maximum absolute atomic E-state index is 14.1. The van der Waals surface area contributed by atoms with Gasteiger partial charge in [0.15, 0.2) is 0 Å². The Labute approximate surface area is 170 Å². The molecule has 0 amide bonds. The van der Waals surface area contributed by atoms with Crippen LogP contribution in [-0.4, -0.2) is 16.6 Å². The van der Waals surface area contributed by atoms with E-state index in [-0.39, 0.29) is 5.82 Å². The number of nitrogens with zero attached hydrogens (tertiary/aromatic N) is 1. The van der Waals surface area contributed by atoms with Crippen LogP contribution in [0.25, 0.3) is 11.3 Å². The summed E-state index contributed by atoms with van der Waals surface area (Å²) < 4.78 is 19.6. The van der Waals surface area contributed by atoms with Crippen LogP contribution >= 0.6 is 0 Å². The average Bonchev–Trinajstić information content (AvgIpc) is 2.63. The van der Waals surface area contributed by atoms with Crippen molar-refractivity contribution in [3.63, 3.8) is 0 Å². The lowest BCUT2D eigenvalue weighted by Gasteiger charge is -2.21. The number of ether oxygens (including phenoxy) is 1. The lowest BCUT2D eigenvalue weighted by Crippen LogP contribution is -2.24. The number of esters is 1. The van der Waals surface area contributed by atoms with Gasteiger partial charge in [-0.25, -0.2) is 9.18 Å². The summed E-state index contributed by atoms with van der Waals surface area (Å²) in [6, 6.07) is 14.0. The summed E-state index contributed by atoms with van der Waals surface area (Å²) in [5.74, 6) is -0.703. The van der Waals surface area contributed by atoms with Gasteiger partial charge in [-0.05, 0) is 70.5 Å². The highest BCUT2D eigenvalue weighted by Crippen LogP contribution is 2.28. The maximum atomic E-state index is 14.1. The zero-order valence-corrected chi connectivity index (χ0v) is 17.3. The molecular formula is C24H25FN2O2. The first kappa shape index (κ1) is 20.5. The van der Waals surface area contributed by atoms with E-state index in [4.69, 9.17) is 4.74 Å². The van der Waals surface area contributed by atoms with Crippen molar-refractivity contribution in [3.8, 4) is 11.3 Å². The Morgan fingerprint density at radius 2 is 1.79 bits per heavy atom. The van der Waals surface area contributed by atoms with Crippen LogP contribution in [0.2, 0.25) is 0 Å². The average molecular weight is 392 g/mol. The molecule has 0 radical (unpaired) electrons. The fourth-order valence-corrected chi connectivity index (χ4v) is 3.00. The number of halogens is 1. The standard InChI is InChI=1S/C24H25FN2O2/c1-15-10-11-21(19(12-15)23(28)29-24(3,4)5)27-17-13-16(2)22(26-14-17)18-8-6-7-9-20(18)25/h6-14,27H,1-5H3. The molecule has 1 N–H and O–H groups in total. The highest BCUT2D eigenvalue weighted by Gasteiger charge is 2.21. The molecule has 1 heterocycles. The van der Waals surface area contributed by atoms with E-state index >= 15 is 0 Å². The van der Waals surface area contributed by atoms with Gasteiger partial charge in [-0.2, -0.15) is 0 Å². The largest absolute Gasteiger partial charge is 0.456 e. The van der Waals surface area contributed by atoms with E-state index in [1.54, 1.807) is 30.5 Å². The SMILES string of the molecule is Cc1ccc(Nc2cnc(-c3ccccc3F)c(C)c2)c(C(=O)OC(C)(C)C)c1. The van der Waals surface area contributed by atoms with Crippen LogP contribution in [-0.2, 0) is 4.74 Å². The number of pyridine rings is 1. The minimum Gasteiger partial charge on any atom is -0.456 e. The van der Waals surface area contributed by atoms with Crippen LogP contribution < -0.4 is 5.32 Å². The first-order valence-electron chi connectivity index (χ1n) is 9.46. The molecule has 0 atom stereocenters. The Kier molecular flexibility index (Phi) is 5.69. The van der Waals surface area contributed by atoms with Gasteiger partial charge >= 0.3 is 5.97 Å². The Hall–Kier alpha value is -3.21. The summed E-state index contributed by atoms with van der Waals surface area (Å²) in [5.41, 5.74) is 4.03. The van der Waals surface area contributed by atoms with Crippen molar-refractivity contribution >= 4 is 17.3 Å². The number of hydrogen-bond acceptors (Lipinski definition) is 4. The van der Waals surface area contributed by atoms with Crippen molar-refractivity contribution in [1.82, 2.24) is 4.98 Å². The molecule has 2 aromatic carbocycles. The van der Waals surface area contributed by atoms with Crippen LogP contribution in [0.15, 0.2) is 54.7 Å². The van der Waals surface area contributed by atoms with Crippen molar-refractivity contribution in [2.24, 2.45) is 0 Å². The molecule has 3 rings (SSSR count). The maximum Gasteiger partial charge on any atom is 0.340 e. The summed E-state index contributed by atoms with van der Waals surface area (Å²) in [5, 5.41) is 3.24. The lowest BCUT2D eigenvalue weighted by molar-refractivity contribution is 0.00706. The van der Waals surface area contributed by atoms with Gasteiger partial charge in [0.05, 0.1) is 28.8 Å². The number of carbonyl (C=O) groups excluding carboxylic acids is 1. The molecule has 0 aliphatic heterocycles. The Balaban J connectivity index is 1.92. The number of aromatic nitrogens is 1. The summed E-state index contributed by atoms with van der Waals surface area (Å²) in [6.45, 7) is 9.31. The molecule has 3 aromatic rings. The number of carbonyl (C=O) groups is 1. The predicted octanol–water partition coefficient (Wildman–Crippen LogP) is 6.20. The zero-order chi connectivity index (χ0) is 21.2. The molecule has 0 aliphatic rings. The number of benzene rings is 2. The van der Waals surface area contributed by atoms with Crippen molar-refractivity contribution in [2.75, 3.05) is 5.32 Å². The van der Waals surface area contributed by atoms with Crippen LogP contribution in [0.1, 0.15) is 42.3 Å². The van der Waals surface area contributed by atoms with Gasteiger partial charge in [0.2, 0.25) is 0 Å². The Morgan fingerprint density at radius 3 is 2.45 bits per heavy atom. The van der Waals surface area contributed by atoms with E-state index < -0.39 is 11.6 Å². The molecule has 5 heteroatoms. The Morgan fingerprint density at radius 1 is 1.07 bits per heavy atom. The van der Waals surface area contributed by atoms with Crippen LogP contribution in [0.4, 0.5) is 15.8 Å². The third-order valence-electron chi connectivity index (χ3n) is 4.28. The topological polar surface area (TPSA) is 51.2 Å². The van der Waals surface area contributed by atoms with E-state index in [0.717, 1.165) is 11.1 Å². The van der Waals surface area contributed by atoms with Gasteiger partial charge in [-0.3, -0.25) is 4.98 Å². The molecule has 0 saturated carbocycles. The van der Waals surface area contributed by atoms with Gasteiger partial charge in [0, 0.05) is 5.56 Å². The van der Waals surface area contributed by atoms with Crippen molar-refractivity contribution in [2.45, 2.75) is 40.2 Å². The number of nitrogens with one attached hydrogen (secondary N) is 1. The van der Waals surface area contributed by atoms with Gasteiger partial charge < -0.3 is 10.1 Å². The fourth-order valence-electron chi connectivity index (χ4n) is 3.00. The monoisotopic (exact) mass is 392 g/mol. The first-order chi connectivity index (χ1) is 13.6. The molecular weight excluding hydrogens is 367 g/mol.